The van der Waals surface area contributed by atoms with Gasteiger partial charge >= 0.3 is 5.97 Å². The normalized spacial score (nSPS) is 10.9. The third kappa shape index (κ3) is 6.93. The lowest BCUT2D eigenvalue weighted by molar-refractivity contribution is -0.137. The van der Waals surface area contributed by atoms with Crippen LogP contribution in [0, 0.1) is 6.92 Å². The average molecular weight is 410 g/mol. The second kappa shape index (κ2) is 10.1. The summed E-state index contributed by atoms with van der Waals surface area (Å²) in [6.07, 6.45) is 0.102. The van der Waals surface area contributed by atoms with E-state index in [0.717, 1.165) is 11.3 Å². The van der Waals surface area contributed by atoms with E-state index in [9.17, 15) is 4.79 Å². The van der Waals surface area contributed by atoms with E-state index >= 15 is 0 Å². The Morgan fingerprint density at radius 1 is 0.931 bits per heavy atom. The molecule has 0 saturated carbocycles. The largest absolute Gasteiger partial charge is 0.481 e. The minimum absolute atomic E-state index is 0.102. The molecule has 0 aliphatic heterocycles. The SMILES string of the molecule is Cc1cccc(CN(CCC(=O)O)Cc2cccc(Oc3cccc(Cl)c3)c2)c1. The van der Waals surface area contributed by atoms with Crippen LogP contribution in [0.4, 0.5) is 0 Å². The Hall–Kier alpha value is -2.82. The van der Waals surface area contributed by atoms with Crippen LogP contribution in [-0.4, -0.2) is 22.5 Å². The van der Waals surface area contributed by atoms with Gasteiger partial charge in [0.2, 0.25) is 0 Å². The van der Waals surface area contributed by atoms with Crippen molar-refractivity contribution in [1.82, 2.24) is 4.90 Å². The first-order chi connectivity index (χ1) is 14.0. The predicted octanol–water partition coefficient (Wildman–Crippen LogP) is 5.92. The number of aryl methyl sites for hydroxylation is 1. The zero-order valence-electron chi connectivity index (χ0n) is 16.3. The highest BCUT2D eigenvalue weighted by Gasteiger charge is 2.11. The van der Waals surface area contributed by atoms with Gasteiger partial charge in [0, 0.05) is 24.7 Å². The molecule has 5 heteroatoms. The Morgan fingerprint density at radius 3 is 2.21 bits per heavy atom. The van der Waals surface area contributed by atoms with Crippen LogP contribution in [0.1, 0.15) is 23.1 Å². The maximum atomic E-state index is 11.1. The van der Waals surface area contributed by atoms with Gasteiger partial charge < -0.3 is 9.84 Å². The zero-order valence-corrected chi connectivity index (χ0v) is 17.1. The van der Waals surface area contributed by atoms with Crippen molar-refractivity contribution >= 4 is 17.6 Å². The van der Waals surface area contributed by atoms with Crippen LogP contribution < -0.4 is 4.74 Å². The number of carbonyl (C=O) groups is 1. The zero-order chi connectivity index (χ0) is 20.6. The Labute approximate surface area is 176 Å². The highest BCUT2D eigenvalue weighted by Crippen LogP contribution is 2.25. The molecule has 0 aliphatic carbocycles. The summed E-state index contributed by atoms with van der Waals surface area (Å²) in [6, 6.07) is 23.4. The number of benzene rings is 3. The number of aliphatic carboxylic acids is 1. The van der Waals surface area contributed by atoms with Crippen LogP contribution in [0.3, 0.4) is 0 Å². The van der Waals surface area contributed by atoms with Gasteiger partial charge in [0.25, 0.3) is 0 Å². The molecule has 3 aromatic rings. The molecule has 0 aromatic heterocycles. The topological polar surface area (TPSA) is 49.8 Å². The van der Waals surface area contributed by atoms with Gasteiger partial charge in [-0.15, -0.1) is 0 Å². The Morgan fingerprint density at radius 2 is 1.55 bits per heavy atom. The summed E-state index contributed by atoms with van der Waals surface area (Å²) < 4.78 is 5.92. The molecule has 1 N–H and O–H groups in total. The lowest BCUT2D eigenvalue weighted by Gasteiger charge is -2.22. The van der Waals surface area contributed by atoms with Crippen LogP contribution in [0.25, 0.3) is 0 Å². The summed E-state index contributed by atoms with van der Waals surface area (Å²) in [7, 11) is 0. The molecular formula is C24H24ClNO3. The lowest BCUT2D eigenvalue weighted by Crippen LogP contribution is -2.25. The molecule has 0 saturated heterocycles. The van der Waals surface area contributed by atoms with Crippen molar-refractivity contribution < 1.29 is 14.6 Å². The minimum Gasteiger partial charge on any atom is -0.481 e. The molecule has 0 fully saturated rings. The van der Waals surface area contributed by atoms with Crippen molar-refractivity contribution in [3.05, 3.63) is 94.5 Å². The van der Waals surface area contributed by atoms with Crippen LogP contribution in [0.15, 0.2) is 72.8 Å². The summed E-state index contributed by atoms with van der Waals surface area (Å²) >= 11 is 6.02. The molecule has 0 bridgehead atoms. The number of nitrogens with zero attached hydrogens (tertiary/aromatic N) is 1. The van der Waals surface area contributed by atoms with Crippen LogP contribution in [0.5, 0.6) is 11.5 Å². The fourth-order valence-electron chi connectivity index (χ4n) is 3.17. The maximum Gasteiger partial charge on any atom is 0.304 e. The van der Waals surface area contributed by atoms with Crippen molar-refractivity contribution in [1.29, 1.82) is 0 Å². The summed E-state index contributed by atoms with van der Waals surface area (Å²) in [5.41, 5.74) is 3.42. The van der Waals surface area contributed by atoms with E-state index in [4.69, 9.17) is 21.4 Å². The number of hydrogen-bond donors (Lipinski definition) is 1. The van der Waals surface area contributed by atoms with E-state index in [1.807, 2.05) is 42.5 Å². The second-order valence-corrected chi connectivity index (χ2v) is 7.49. The monoisotopic (exact) mass is 409 g/mol. The van der Waals surface area contributed by atoms with Crippen molar-refractivity contribution in [3.63, 3.8) is 0 Å². The molecule has 0 aliphatic rings. The fraction of sp³-hybridized carbons (Fsp3) is 0.208. The van der Waals surface area contributed by atoms with Crippen molar-refractivity contribution in [3.8, 4) is 11.5 Å². The van der Waals surface area contributed by atoms with E-state index in [0.29, 0.717) is 30.4 Å². The van der Waals surface area contributed by atoms with Crippen LogP contribution >= 0.6 is 11.6 Å². The molecule has 150 valence electrons. The number of hydrogen-bond acceptors (Lipinski definition) is 3. The van der Waals surface area contributed by atoms with Gasteiger partial charge in [0.05, 0.1) is 6.42 Å². The Bertz CT molecular complexity index is 974. The average Bonchev–Trinajstić information content (AvgIpc) is 2.66. The summed E-state index contributed by atoms with van der Waals surface area (Å²) in [5.74, 6) is 0.605. The van der Waals surface area contributed by atoms with Crippen LogP contribution in [-0.2, 0) is 17.9 Å². The molecular weight excluding hydrogens is 386 g/mol. The molecule has 29 heavy (non-hydrogen) atoms. The van der Waals surface area contributed by atoms with Gasteiger partial charge in [0.1, 0.15) is 11.5 Å². The highest BCUT2D eigenvalue weighted by molar-refractivity contribution is 6.30. The van der Waals surface area contributed by atoms with Gasteiger partial charge in [-0.05, 0) is 48.4 Å². The highest BCUT2D eigenvalue weighted by atomic mass is 35.5. The third-order valence-corrected chi connectivity index (χ3v) is 4.70. The van der Waals surface area contributed by atoms with E-state index in [-0.39, 0.29) is 6.42 Å². The van der Waals surface area contributed by atoms with Gasteiger partial charge in [-0.25, -0.2) is 0 Å². The smallest absolute Gasteiger partial charge is 0.304 e. The number of ether oxygens (including phenoxy) is 1. The van der Waals surface area contributed by atoms with E-state index in [1.165, 1.54) is 11.1 Å². The Kier molecular flexibility index (Phi) is 7.28. The van der Waals surface area contributed by atoms with Gasteiger partial charge in [-0.1, -0.05) is 59.6 Å². The third-order valence-electron chi connectivity index (χ3n) is 4.47. The maximum absolute atomic E-state index is 11.1. The van der Waals surface area contributed by atoms with Crippen molar-refractivity contribution in [2.24, 2.45) is 0 Å². The molecule has 3 aromatic carbocycles. The van der Waals surface area contributed by atoms with Gasteiger partial charge in [-0.3, -0.25) is 9.69 Å². The van der Waals surface area contributed by atoms with E-state index < -0.39 is 5.97 Å². The van der Waals surface area contributed by atoms with Gasteiger partial charge in [-0.2, -0.15) is 0 Å². The molecule has 0 atom stereocenters. The van der Waals surface area contributed by atoms with Crippen molar-refractivity contribution in [2.45, 2.75) is 26.4 Å². The summed E-state index contributed by atoms with van der Waals surface area (Å²) in [5, 5.41) is 9.73. The molecule has 0 amide bonds. The summed E-state index contributed by atoms with van der Waals surface area (Å²) in [4.78, 5) is 13.2. The number of halogens is 1. The number of rotatable bonds is 9. The molecule has 3 rings (SSSR count). The van der Waals surface area contributed by atoms with Crippen LogP contribution in [0.2, 0.25) is 5.02 Å². The first-order valence-corrected chi connectivity index (χ1v) is 9.88. The molecule has 0 radical (unpaired) electrons. The molecule has 0 unspecified atom stereocenters. The first kappa shape index (κ1) is 20.9. The first-order valence-electron chi connectivity index (χ1n) is 9.50. The quantitative estimate of drug-likeness (QED) is 0.476. The second-order valence-electron chi connectivity index (χ2n) is 7.05. The van der Waals surface area contributed by atoms with Gasteiger partial charge in [0.15, 0.2) is 0 Å². The molecule has 0 heterocycles. The lowest BCUT2D eigenvalue weighted by atomic mass is 10.1. The molecule has 0 spiro atoms. The fourth-order valence-corrected chi connectivity index (χ4v) is 3.35. The predicted molar refractivity (Wildman–Crippen MR) is 116 cm³/mol. The standard InChI is InChI=1S/C24H24ClNO3/c1-18-5-2-6-19(13-18)16-26(12-11-24(27)28)17-20-7-3-9-22(14-20)29-23-10-4-8-21(25)15-23/h2-10,13-15H,11-12,16-17H2,1H3,(H,27,28). The number of carboxylic acids is 1. The van der Waals surface area contributed by atoms with E-state index in [1.54, 1.807) is 12.1 Å². The number of carboxylic acid groups (broad SMARTS) is 1. The summed E-state index contributed by atoms with van der Waals surface area (Å²) in [6.45, 7) is 3.85. The molecule has 4 nitrogen and oxygen atoms in total. The Balaban J connectivity index is 1.73. The minimum atomic E-state index is -0.794. The van der Waals surface area contributed by atoms with Crippen molar-refractivity contribution in [2.75, 3.05) is 6.54 Å². The van der Waals surface area contributed by atoms with E-state index in [2.05, 4.69) is 30.0 Å².